The molecule has 2 heterocycles. The van der Waals surface area contributed by atoms with Crippen molar-refractivity contribution in [1.82, 2.24) is 9.55 Å². The highest BCUT2D eigenvalue weighted by atomic mass is 79.9. The Morgan fingerprint density at radius 3 is 2.37 bits per heavy atom. The lowest BCUT2D eigenvalue weighted by molar-refractivity contribution is -0.157. The Bertz CT molecular complexity index is 973. The number of aliphatic hydroxyl groups is 1. The van der Waals surface area contributed by atoms with E-state index >= 15 is 0 Å². The Kier molecular flexibility index (Phi) is 8.16. The van der Waals surface area contributed by atoms with Gasteiger partial charge in [0.05, 0.1) is 17.5 Å². The first-order valence-corrected chi connectivity index (χ1v) is 12.8. The first-order valence-electron chi connectivity index (χ1n) is 7.37. The highest BCUT2D eigenvalue weighted by Gasteiger charge is 2.46. The van der Waals surface area contributed by atoms with Crippen LogP contribution < -0.4 is 11.4 Å². The fourth-order valence-corrected chi connectivity index (χ4v) is 6.00. The van der Waals surface area contributed by atoms with Crippen molar-refractivity contribution >= 4 is 45.2 Å². The number of rotatable bonds is 9. The molecule has 21 heteroatoms. The molecule has 1 fully saturated rings. The molecule has 7 atom stereocenters. The lowest BCUT2D eigenvalue weighted by Gasteiger charge is -2.19. The highest BCUT2D eigenvalue weighted by molar-refractivity contribution is 9.09. The zero-order chi connectivity index (χ0) is 22.9. The van der Waals surface area contributed by atoms with Crippen LogP contribution in [0.25, 0.3) is 0 Å². The van der Waals surface area contributed by atoms with Gasteiger partial charge in [0, 0.05) is 6.20 Å². The number of nitrogens with two attached hydrogens (primary N) is 1. The van der Waals surface area contributed by atoms with Crippen LogP contribution in [0.15, 0.2) is 17.1 Å². The predicted octanol–water partition coefficient (Wildman–Crippen LogP) is -0.312. The predicted molar refractivity (Wildman–Crippen MR) is 96.9 cm³/mol. The second-order valence-corrected chi connectivity index (χ2v) is 11.1. The standard InChI is InChI=1S/C9H15BrN3O14P3/c10-6-7(14)4(24-8(6)13-2-1-5(11)12-9(13)15)3-23-28(17,18)26-30(21,22)27-29(19,20)25-16/h1-2,4,6-8,14,16H,3H2,(H,17,18)(H,19,20)(H,21,22)(H2,11,12,15)/t4-,6+,7?,8-/m1/s1. The van der Waals surface area contributed by atoms with E-state index in [9.17, 15) is 33.4 Å². The molecule has 1 aliphatic rings. The summed E-state index contributed by atoms with van der Waals surface area (Å²) in [6.07, 6.45) is -2.66. The van der Waals surface area contributed by atoms with E-state index in [2.05, 4.69) is 38.7 Å². The van der Waals surface area contributed by atoms with E-state index in [0.717, 1.165) is 4.57 Å². The van der Waals surface area contributed by atoms with Crippen molar-refractivity contribution in [3.05, 3.63) is 22.7 Å². The molecule has 1 aromatic heterocycles. The third-order valence-electron chi connectivity index (χ3n) is 3.34. The number of aliphatic hydroxyl groups excluding tert-OH is 1. The Morgan fingerprint density at radius 2 is 1.80 bits per heavy atom. The number of alkyl halides is 1. The molecule has 0 aliphatic carbocycles. The fraction of sp³-hybridized carbons (Fsp3) is 0.556. The van der Waals surface area contributed by atoms with Gasteiger partial charge in [0.25, 0.3) is 0 Å². The number of hydrogen-bond donors (Lipinski definition) is 6. The zero-order valence-electron chi connectivity index (χ0n) is 14.3. The van der Waals surface area contributed by atoms with Crippen LogP contribution in [0.2, 0.25) is 0 Å². The molecule has 0 spiro atoms. The van der Waals surface area contributed by atoms with Gasteiger partial charge in [-0.2, -0.15) is 13.6 Å². The number of anilines is 1. The molecule has 0 bridgehead atoms. The third-order valence-corrected chi connectivity index (χ3v) is 8.31. The van der Waals surface area contributed by atoms with Gasteiger partial charge in [0.1, 0.15) is 11.9 Å². The summed E-state index contributed by atoms with van der Waals surface area (Å²) in [5, 5.41) is 18.2. The zero-order valence-corrected chi connectivity index (χ0v) is 18.5. The van der Waals surface area contributed by atoms with E-state index in [1.165, 1.54) is 12.3 Å². The summed E-state index contributed by atoms with van der Waals surface area (Å²) in [4.78, 5) is 41.9. The molecule has 2 rings (SSSR count). The van der Waals surface area contributed by atoms with Gasteiger partial charge in [-0.25, -0.2) is 23.7 Å². The molecular weight excluding hydrogens is 547 g/mol. The van der Waals surface area contributed by atoms with Crippen molar-refractivity contribution in [3.63, 3.8) is 0 Å². The number of aromatic nitrogens is 2. The number of ether oxygens (including phenoxy) is 1. The van der Waals surface area contributed by atoms with E-state index in [1.807, 2.05) is 0 Å². The Morgan fingerprint density at radius 1 is 1.20 bits per heavy atom. The molecule has 7 N–H and O–H groups in total. The topological polar surface area (TPSA) is 259 Å². The van der Waals surface area contributed by atoms with E-state index in [1.54, 1.807) is 0 Å². The molecule has 30 heavy (non-hydrogen) atoms. The average Bonchev–Trinajstić information content (AvgIpc) is 2.86. The lowest BCUT2D eigenvalue weighted by Crippen LogP contribution is -2.32. The van der Waals surface area contributed by atoms with Gasteiger partial charge in [0.15, 0.2) is 6.23 Å². The lowest BCUT2D eigenvalue weighted by atomic mass is 10.2. The average molecular weight is 562 g/mol. The molecule has 1 aromatic rings. The van der Waals surface area contributed by atoms with Crippen molar-refractivity contribution < 1.29 is 61.3 Å². The van der Waals surface area contributed by atoms with Gasteiger partial charge >= 0.3 is 29.2 Å². The van der Waals surface area contributed by atoms with Crippen LogP contribution in [0.1, 0.15) is 6.23 Å². The van der Waals surface area contributed by atoms with Crippen molar-refractivity contribution in [2.24, 2.45) is 0 Å². The molecule has 0 saturated carbocycles. The minimum atomic E-state index is -5.73. The summed E-state index contributed by atoms with van der Waals surface area (Å²) in [5.74, 6) is -0.0613. The number of phosphoric acid groups is 3. The largest absolute Gasteiger partial charge is 0.508 e. The minimum Gasteiger partial charge on any atom is -0.389 e. The molecule has 1 saturated heterocycles. The molecule has 0 radical (unpaired) electrons. The van der Waals surface area contributed by atoms with Crippen molar-refractivity contribution in [2.75, 3.05) is 12.3 Å². The summed E-state index contributed by atoms with van der Waals surface area (Å²) in [7, 11) is -16.6. The van der Waals surface area contributed by atoms with E-state index in [0.29, 0.717) is 0 Å². The van der Waals surface area contributed by atoms with Gasteiger partial charge < -0.3 is 30.3 Å². The van der Waals surface area contributed by atoms with Gasteiger partial charge in [-0.3, -0.25) is 9.09 Å². The molecule has 172 valence electrons. The summed E-state index contributed by atoms with van der Waals surface area (Å²) in [6.45, 7) is -0.905. The fourth-order valence-electron chi connectivity index (χ4n) is 2.17. The van der Waals surface area contributed by atoms with Crippen LogP contribution in [0.4, 0.5) is 5.82 Å². The second-order valence-electron chi connectivity index (χ2n) is 5.49. The second kappa shape index (κ2) is 9.52. The van der Waals surface area contributed by atoms with Crippen LogP contribution in [-0.2, 0) is 36.3 Å². The summed E-state index contributed by atoms with van der Waals surface area (Å²) < 4.78 is 55.0. The molecule has 0 aromatic carbocycles. The first kappa shape index (κ1) is 25.7. The SMILES string of the molecule is Nc1ccn([C@@H]2O[C@H](COP(=O)(O)OP(=O)(O)OP(=O)(O)OO)C(O)[C@@H]2Br)c(=O)n1. The number of nitrogens with zero attached hydrogens (tertiary/aromatic N) is 2. The summed E-state index contributed by atoms with van der Waals surface area (Å²) >= 11 is 3.10. The number of nitrogen functional groups attached to an aromatic ring is 1. The third kappa shape index (κ3) is 6.72. The van der Waals surface area contributed by atoms with Crippen molar-refractivity contribution in [1.29, 1.82) is 0 Å². The minimum absolute atomic E-state index is 0.0613. The maximum absolute atomic E-state index is 11.9. The normalized spacial score (nSPS) is 30.3. The maximum Gasteiger partial charge on any atom is 0.508 e. The smallest absolute Gasteiger partial charge is 0.389 e. The summed E-state index contributed by atoms with van der Waals surface area (Å²) in [6, 6.07) is 1.28. The van der Waals surface area contributed by atoms with E-state index in [4.69, 9.17) is 20.6 Å². The quantitative estimate of drug-likeness (QED) is 0.0976. The highest BCUT2D eigenvalue weighted by Crippen LogP contribution is 2.67. The number of phosphoric ester groups is 1. The molecular formula is C9H15BrN3O14P3. The van der Waals surface area contributed by atoms with Crippen LogP contribution >= 0.6 is 39.4 Å². The summed E-state index contributed by atoms with van der Waals surface area (Å²) in [5.41, 5.74) is 4.57. The molecule has 0 amide bonds. The number of halogens is 1. The monoisotopic (exact) mass is 561 g/mol. The Balaban J connectivity index is 2.04. The molecule has 17 nitrogen and oxygen atoms in total. The maximum atomic E-state index is 11.9. The van der Waals surface area contributed by atoms with E-state index < -0.39 is 59.0 Å². The van der Waals surface area contributed by atoms with Crippen molar-refractivity contribution in [3.8, 4) is 0 Å². The number of hydrogen-bond acceptors (Lipinski definition) is 13. The molecule has 1 aliphatic heterocycles. The van der Waals surface area contributed by atoms with Gasteiger partial charge in [-0.1, -0.05) is 15.9 Å². The Hall–Kier alpha value is -0.550. The van der Waals surface area contributed by atoms with Crippen LogP contribution in [-0.4, -0.2) is 58.2 Å². The van der Waals surface area contributed by atoms with Crippen LogP contribution in [0.5, 0.6) is 0 Å². The van der Waals surface area contributed by atoms with Gasteiger partial charge in [0.2, 0.25) is 0 Å². The molecule has 4 unspecified atom stereocenters. The first-order chi connectivity index (χ1) is 13.7. The van der Waals surface area contributed by atoms with Crippen LogP contribution in [0, 0.1) is 0 Å². The van der Waals surface area contributed by atoms with Crippen molar-refractivity contribution in [2.45, 2.75) is 23.3 Å². The van der Waals surface area contributed by atoms with Gasteiger partial charge in [-0.15, -0.1) is 4.67 Å². The van der Waals surface area contributed by atoms with E-state index in [-0.39, 0.29) is 5.82 Å². The Labute approximate surface area is 174 Å². The van der Waals surface area contributed by atoms with Gasteiger partial charge in [-0.05, 0) is 6.07 Å². The van der Waals surface area contributed by atoms with Crippen LogP contribution in [0.3, 0.4) is 0 Å².